The van der Waals surface area contributed by atoms with E-state index in [1.807, 2.05) is 7.05 Å². The number of aromatic hydroxyl groups is 1. The molecule has 1 fully saturated rings. The predicted octanol–water partition coefficient (Wildman–Crippen LogP) is 2.69. The van der Waals surface area contributed by atoms with Gasteiger partial charge in [-0.05, 0) is 44.5 Å². The van der Waals surface area contributed by atoms with Crippen LogP contribution >= 0.6 is 0 Å². The summed E-state index contributed by atoms with van der Waals surface area (Å²) in [6.07, 6.45) is 3.84. The van der Waals surface area contributed by atoms with Crippen LogP contribution in [-0.4, -0.2) is 28.2 Å². The first-order valence-electron chi connectivity index (χ1n) is 8.27. The van der Waals surface area contributed by atoms with Crippen LogP contribution in [-0.2, 0) is 0 Å². The van der Waals surface area contributed by atoms with Gasteiger partial charge in [0.25, 0.3) is 0 Å². The molecule has 0 bridgehead atoms. The maximum Gasteiger partial charge on any atom is 0.165 e. The molecule has 4 N–H and O–H groups in total. The molecule has 0 aliphatic heterocycles. The molecule has 130 valence electrons. The third-order valence-electron chi connectivity index (χ3n) is 4.75. The summed E-state index contributed by atoms with van der Waals surface area (Å²) in [6, 6.07) is 6.02. The van der Waals surface area contributed by atoms with Gasteiger partial charge < -0.3 is 16.2 Å². The van der Waals surface area contributed by atoms with Crippen LogP contribution in [0.2, 0.25) is 0 Å². The molecular formula is C18H20FN5O. The van der Waals surface area contributed by atoms with Crippen molar-refractivity contribution in [3.05, 3.63) is 35.3 Å². The number of halogens is 1. The van der Waals surface area contributed by atoms with Crippen molar-refractivity contribution in [1.29, 1.82) is 5.26 Å². The second-order valence-electron chi connectivity index (χ2n) is 6.32. The summed E-state index contributed by atoms with van der Waals surface area (Å²) in [5.41, 5.74) is 6.98. The summed E-state index contributed by atoms with van der Waals surface area (Å²) in [4.78, 5) is 8.61. The van der Waals surface area contributed by atoms with E-state index in [-0.39, 0.29) is 34.4 Å². The second kappa shape index (κ2) is 7.03. The largest absolute Gasteiger partial charge is 0.507 e. The molecule has 0 radical (unpaired) electrons. The lowest BCUT2D eigenvalue weighted by Crippen LogP contribution is -2.31. The molecule has 1 heterocycles. The van der Waals surface area contributed by atoms with Gasteiger partial charge in [0.2, 0.25) is 0 Å². The number of aromatic nitrogens is 2. The molecule has 7 heteroatoms. The smallest absolute Gasteiger partial charge is 0.165 e. The van der Waals surface area contributed by atoms with Gasteiger partial charge in [-0.15, -0.1) is 0 Å². The van der Waals surface area contributed by atoms with E-state index in [1.165, 1.54) is 6.07 Å². The molecule has 25 heavy (non-hydrogen) atoms. The molecule has 3 rings (SSSR count). The molecule has 0 spiro atoms. The highest BCUT2D eigenvalue weighted by Gasteiger charge is 2.27. The number of phenolic OH excluding ortho intramolecular Hbond substituents is 1. The van der Waals surface area contributed by atoms with Gasteiger partial charge in [-0.3, -0.25) is 0 Å². The van der Waals surface area contributed by atoms with Crippen LogP contribution in [0.15, 0.2) is 18.2 Å². The minimum atomic E-state index is -0.506. The second-order valence-corrected chi connectivity index (χ2v) is 6.32. The third kappa shape index (κ3) is 3.39. The van der Waals surface area contributed by atoms with E-state index in [2.05, 4.69) is 21.4 Å². The summed E-state index contributed by atoms with van der Waals surface area (Å²) < 4.78 is 13.6. The number of benzene rings is 1. The summed E-state index contributed by atoms with van der Waals surface area (Å²) in [6.45, 7) is 0. The van der Waals surface area contributed by atoms with Crippen molar-refractivity contribution in [3.8, 4) is 23.2 Å². The third-order valence-corrected chi connectivity index (χ3v) is 4.75. The Balaban J connectivity index is 2.10. The number of rotatable bonds is 3. The number of nitrogen functional groups attached to an aromatic ring is 1. The average molecular weight is 341 g/mol. The molecule has 0 amide bonds. The zero-order chi connectivity index (χ0) is 18.0. The fourth-order valence-corrected chi connectivity index (χ4v) is 3.41. The lowest BCUT2D eigenvalue weighted by Gasteiger charge is -2.29. The topological polar surface area (TPSA) is 108 Å². The van der Waals surface area contributed by atoms with Crippen LogP contribution in [0, 0.1) is 17.1 Å². The summed E-state index contributed by atoms with van der Waals surface area (Å²) in [5.74, 6) is -0.379. The number of nitriles is 1. The maximum absolute atomic E-state index is 13.6. The number of nitrogens with zero attached hydrogens (tertiary/aromatic N) is 3. The Morgan fingerprint density at radius 1 is 1.36 bits per heavy atom. The number of anilines is 1. The van der Waals surface area contributed by atoms with Crippen molar-refractivity contribution in [2.45, 2.75) is 37.6 Å². The van der Waals surface area contributed by atoms with Crippen molar-refractivity contribution in [1.82, 2.24) is 15.3 Å². The zero-order valence-corrected chi connectivity index (χ0v) is 14.0. The summed E-state index contributed by atoms with van der Waals surface area (Å²) >= 11 is 0. The highest BCUT2D eigenvalue weighted by atomic mass is 19.1. The monoisotopic (exact) mass is 341 g/mol. The highest BCUT2D eigenvalue weighted by Crippen LogP contribution is 2.36. The van der Waals surface area contributed by atoms with Gasteiger partial charge in [0.15, 0.2) is 5.82 Å². The lowest BCUT2D eigenvalue weighted by molar-refractivity contribution is 0.351. The number of nitrogens with two attached hydrogens (primary N) is 1. The molecule has 1 saturated carbocycles. The SMILES string of the molecule is CNC1CCCC(c2nc(-c3cc(F)ccc3O)nc(N)c2C#N)C1. The quantitative estimate of drug-likeness (QED) is 0.792. The fourth-order valence-electron chi connectivity index (χ4n) is 3.41. The van der Waals surface area contributed by atoms with E-state index in [4.69, 9.17) is 5.73 Å². The standard InChI is InChI=1S/C18H20FN5O/c1-22-12-4-2-3-10(7-12)16-14(9-20)17(21)24-18(23-16)13-8-11(19)5-6-15(13)25/h5-6,8,10,12,22,25H,2-4,7H2,1H3,(H2,21,23,24). The molecule has 1 aromatic heterocycles. The normalized spacial score (nSPS) is 20.2. The maximum atomic E-state index is 13.6. The average Bonchev–Trinajstić information content (AvgIpc) is 2.63. The summed E-state index contributed by atoms with van der Waals surface area (Å²) in [7, 11) is 1.92. The predicted molar refractivity (Wildman–Crippen MR) is 92.3 cm³/mol. The van der Waals surface area contributed by atoms with Crippen molar-refractivity contribution < 1.29 is 9.50 Å². The first-order chi connectivity index (χ1) is 12.0. The van der Waals surface area contributed by atoms with E-state index in [0.717, 1.165) is 37.8 Å². The van der Waals surface area contributed by atoms with Crippen LogP contribution in [0.4, 0.5) is 10.2 Å². The van der Waals surface area contributed by atoms with Gasteiger partial charge in [0, 0.05) is 12.0 Å². The fraction of sp³-hybridized carbons (Fsp3) is 0.389. The number of hydrogen-bond acceptors (Lipinski definition) is 6. The Morgan fingerprint density at radius 2 is 2.16 bits per heavy atom. The molecule has 0 saturated heterocycles. The molecule has 2 unspecified atom stereocenters. The van der Waals surface area contributed by atoms with Crippen LogP contribution < -0.4 is 11.1 Å². The van der Waals surface area contributed by atoms with E-state index in [9.17, 15) is 14.8 Å². The van der Waals surface area contributed by atoms with Crippen LogP contribution in [0.25, 0.3) is 11.4 Å². The highest BCUT2D eigenvalue weighted by molar-refractivity contribution is 5.67. The van der Waals surface area contributed by atoms with Crippen molar-refractivity contribution in [2.75, 3.05) is 12.8 Å². The van der Waals surface area contributed by atoms with Gasteiger partial charge in [0.05, 0.1) is 11.3 Å². The lowest BCUT2D eigenvalue weighted by atomic mass is 9.82. The Morgan fingerprint density at radius 3 is 2.88 bits per heavy atom. The summed E-state index contributed by atoms with van der Waals surface area (Å²) in [5, 5.41) is 22.8. The first-order valence-corrected chi connectivity index (χ1v) is 8.27. The zero-order valence-electron chi connectivity index (χ0n) is 14.0. The minimum Gasteiger partial charge on any atom is -0.507 e. The van der Waals surface area contributed by atoms with E-state index in [0.29, 0.717) is 11.7 Å². The van der Waals surface area contributed by atoms with Gasteiger partial charge in [-0.1, -0.05) is 6.42 Å². The van der Waals surface area contributed by atoms with E-state index in [1.54, 1.807) is 0 Å². The van der Waals surface area contributed by atoms with Gasteiger partial charge in [-0.25, -0.2) is 14.4 Å². The number of nitrogens with one attached hydrogen (secondary N) is 1. The molecule has 1 aliphatic carbocycles. The molecule has 2 aromatic rings. The van der Waals surface area contributed by atoms with Crippen LogP contribution in [0.5, 0.6) is 5.75 Å². The molecule has 1 aromatic carbocycles. The van der Waals surface area contributed by atoms with E-state index >= 15 is 0 Å². The Kier molecular flexibility index (Phi) is 4.81. The molecule has 2 atom stereocenters. The minimum absolute atomic E-state index is 0.0535. The van der Waals surface area contributed by atoms with Gasteiger partial charge in [-0.2, -0.15) is 5.26 Å². The number of phenols is 1. The molecule has 1 aliphatic rings. The molecular weight excluding hydrogens is 321 g/mol. The van der Waals surface area contributed by atoms with Crippen molar-refractivity contribution >= 4 is 5.82 Å². The Hall–Kier alpha value is -2.72. The van der Waals surface area contributed by atoms with Gasteiger partial charge in [0.1, 0.15) is 29.0 Å². The Bertz CT molecular complexity index is 833. The van der Waals surface area contributed by atoms with Crippen molar-refractivity contribution in [2.24, 2.45) is 0 Å². The van der Waals surface area contributed by atoms with Crippen LogP contribution in [0.1, 0.15) is 42.9 Å². The van der Waals surface area contributed by atoms with E-state index < -0.39 is 5.82 Å². The van der Waals surface area contributed by atoms with Gasteiger partial charge >= 0.3 is 0 Å². The first kappa shape index (κ1) is 17.1. The Labute approximate surface area is 145 Å². The molecule has 6 nitrogen and oxygen atoms in total. The van der Waals surface area contributed by atoms with Crippen molar-refractivity contribution in [3.63, 3.8) is 0 Å². The van der Waals surface area contributed by atoms with Crippen LogP contribution in [0.3, 0.4) is 0 Å². The number of hydrogen-bond donors (Lipinski definition) is 3.